The lowest BCUT2D eigenvalue weighted by Crippen LogP contribution is -2.07. The molecule has 0 atom stereocenters. The molecule has 1 aromatic heterocycles. The van der Waals surface area contributed by atoms with Crippen LogP contribution in [0, 0.1) is 6.92 Å². The van der Waals surface area contributed by atoms with Crippen LogP contribution in [0.4, 0.5) is 0 Å². The molecule has 0 unspecified atom stereocenters. The first-order valence-electron chi connectivity index (χ1n) is 5.49. The molecule has 0 aliphatic heterocycles. The fraction of sp³-hybridized carbons (Fsp3) is 0.154. The van der Waals surface area contributed by atoms with Crippen LogP contribution in [0.5, 0.6) is 0 Å². The molecule has 2 rings (SSSR count). The quantitative estimate of drug-likeness (QED) is 0.941. The molecule has 100 valence electrons. The van der Waals surface area contributed by atoms with Crippen molar-refractivity contribution in [2.24, 2.45) is 0 Å². The third-order valence-corrected chi connectivity index (χ3v) is 5.29. The monoisotopic (exact) mass is 296 g/mol. The number of hydrogen-bond donors (Lipinski definition) is 1. The number of aromatic carboxylic acids is 1. The molecule has 0 fully saturated rings. The molecule has 0 aliphatic rings. The van der Waals surface area contributed by atoms with Gasteiger partial charge < -0.3 is 5.11 Å². The number of aryl methyl sites for hydroxylation is 1. The van der Waals surface area contributed by atoms with Gasteiger partial charge in [-0.15, -0.1) is 11.3 Å². The SMILES string of the molecule is Cc1ccc(S(=O)(=O)Cc2ccsc2C(=O)O)cc1. The predicted molar refractivity (Wildman–Crippen MR) is 73.3 cm³/mol. The first-order valence-corrected chi connectivity index (χ1v) is 8.02. The zero-order valence-corrected chi connectivity index (χ0v) is 11.8. The molecule has 1 aromatic carbocycles. The van der Waals surface area contributed by atoms with Gasteiger partial charge in [-0.3, -0.25) is 0 Å². The van der Waals surface area contributed by atoms with Gasteiger partial charge in [-0.1, -0.05) is 17.7 Å². The maximum Gasteiger partial charge on any atom is 0.346 e. The van der Waals surface area contributed by atoms with E-state index in [9.17, 15) is 13.2 Å². The van der Waals surface area contributed by atoms with Crippen LogP contribution in [-0.4, -0.2) is 19.5 Å². The zero-order valence-electron chi connectivity index (χ0n) is 10.2. The summed E-state index contributed by atoms with van der Waals surface area (Å²) in [6.07, 6.45) is 0. The van der Waals surface area contributed by atoms with Gasteiger partial charge in [0.2, 0.25) is 0 Å². The number of carboxylic acid groups (broad SMARTS) is 1. The normalized spacial score (nSPS) is 11.4. The molecule has 2 aromatic rings. The Morgan fingerprint density at radius 3 is 2.42 bits per heavy atom. The maximum atomic E-state index is 12.2. The summed E-state index contributed by atoms with van der Waals surface area (Å²) in [4.78, 5) is 11.3. The van der Waals surface area contributed by atoms with E-state index in [2.05, 4.69) is 0 Å². The fourth-order valence-electron chi connectivity index (χ4n) is 1.67. The summed E-state index contributed by atoms with van der Waals surface area (Å²) in [5.74, 6) is -1.38. The van der Waals surface area contributed by atoms with E-state index < -0.39 is 15.8 Å². The summed E-state index contributed by atoms with van der Waals surface area (Å²) in [5, 5.41) is 10.6. The minimum Gasteiger partial charge on any atom is -0.477 e. The van der Waals surface area contributed by atoms with Crippen molar-refractivity contribution in [3.05, 3.63) is 51.7 Å². The summed E-state index contributed by atoms with van der Waals surface area (Å²) >= 11 is 1.03. The van der Waals surface area contributed by atoms with Crippen LogP contribution in [0.25, 0.3) is 0 Å². The second-order valence-electron chi connectivity index (χ2n) is 4.15. The standard InChI is InChI=1S/C13H12O4S2/c1-9-2-4-11(5-3-9)19(16,17)8-10-6-7-18-12(10)13(14)15/h2-7H,8H2,1H3,(H,14,15). The molecule has 1 heterocycles. The second-order valence-corrected chi connectivity index (χ2v) is 7.06. The zero-order chi connectivity index (χ0) is 14.0. The van der Waals surface area contributed by atoms with Crippen LogP contribution in [0.15, 0.2) is 40.6 Å². The number of benzene rings is 1. The number of sulfone groups is 1. The Kier molecular flexibility index (Phi) is 3.73. The van der Waals surface area contributed by atoms with Gasteiger partial charge in [-0.05, 0) is 36.1 Å². The summed E-state index contributed by atoms with van der Waals surface area (Å²) in [5.41, 5.74) is 1.30. The van der Waals surface area contributed by atoms with Gasteiger partial charge in [0, 0.05) is 0 Å². The van der Waals surface area contributed by atoms with E-state index in [0.717, 1.165) is 16.9 Å². The molecule has 1 N–H and O–H groups in total. The second kappa shape index (κ2) is 5.14. The molecule has 0 spiro atoms. The average Bonchev–Trinajstić information content (AvgIpc) is 2.77. The molecule has 0 bridgehead atoms. The largest absolute Gasteiger partial charge is 0.477 e. The van der Waals surface area contributed by atoms with Gasteiger partial charge >= 0.3 is 5.97 Å². The van der Waals surface area contributed by atoms with Gasteiger partial charge in [0.1, 0.15) is 4.88 Å². The molecule has 0 saturated heterocycles. The third-order valence-electron chi connectivity index (χ3n) is 2.67. The van der Waals surface area contributed by atoms with Crippen LogP contribution >= 0.6 is 11.3 Å². The molecule has 6 heteroatoms. The van der Waals surface area contributed by atoms with Crippen LogP contribution in [0.3, 0.4) is 0 Å². The first kappa shape index (κ1) is 13.8. The highest BCUT2D eigenvalue weighted by Gasteiger charge is 2.20. The average molecular weight is 296 g/mol. The minimum absolute atomic E-state index is 0.0793. The topological polar surface area (TPSA) is 71.4 Å². The van der Waals surface area contributed by atoms with Crippen LogP contribution in [0.2, 0.25) is 0 Å². The Morgan fingerprint density at radius 2 is 1.84 bits per heavy atom. The van der Waals surface area contributed by atoms with Gasteiger partial charge in [-0.25, -0.2) is 13.2 Å². The molecule has 0 amide bonds. The van der Waals surface area contributed by atoms with Crippen molar-refractivity contribution in [1.29, 1.82) is 0 Å². The van der Waals surface area contributed by atoms with Gasteiger partial charge in [-0.2, -0.15) is 0 Å². The number of carboxylic acids is 1. The molecule has 0 saturated carbocycles. The summed E-state index contributed by atoms with van der Waals surface area (Å²) in [7, 11) is -3.51. The third kappa shape index (κ3) is 3.02. The Bertz CT molecular complexity index is 696. The van der Waals surface area contributed by atoms with Crippen molar-refractivity contribution in [3.63, 3.8) is 0 Å². The lowest BCUT2D eigenvalue weighted by molar-refractivity contribution is 0.0701. The number of carbonyl (C=O) groups is 1. The maximum absolute atomic E-state index is 12.2. The smallest absolute Gasteiger partial charge is 0.346 e. The van der Waals surface area contributed by atoms with Gasteiger partial charge in [0.05, 0.1) is 10.6 Å². The molecule has 0 radical (unpaired) electrons. The Morgan fingerprint density at radius 1 is 1.21 bits per heavy atom. The van der Waals surface area contributed by atoms with Crippen molar-refractivity contribution < 1.29 is 18.3 Å². The van der Waals surface area contributed by atoms with E-state index in [1.54, 1.807) is 23.6 Å². The summed E-state index contributed by atoms with van der Waals surface area (Å²) < 4.78 is 24.4. The van der Waals surface area contributed by atoms with E-state index in [1.165, 1.54) is 12.1 Å². The number of thiophene rings is 1. The Labute approximate surface area is 115 Å². The highest BCUT2D eigenvalue weighted by Crippen LogP contribution is 2.23. The fourth-order valence-corrected chi connectivity index (χ4v) is 3.89. The number of hydrogen-bond acceptors (Lipinski definition) is 4. The van der Waals surface area contributed by atoms with Crippen molar-refractivity contribution in [1.82, 2.24) is 0 Å². The van der Waals surface area contributed by atoms with Crippen LogP contribution in [0.1, 0.15) is 20.8 Å². The van der Waals surface area contributed by atoms with Gasteiger partial charge in [0.15, 0.2) is 9.84 Å². The van der Waals surface area contributed by atoms with E-state index in [4.69, 9.17) is 5.11 Å². The predicted octanol–water partition coefficient (Wildman–Crippen LogP) is 2.73. The van der Waals surface area contributed by atoms with Crippen molar-refractivity contribution in [3.8, 4) is 0 Å². The van der Waals surface area contributed by atoms with Crippen molar-refractivity contribution in [2.45, 2.75) is 17.6 Å². The molecule has 0 aliphatic carbocycles. The van der Waals surface area contributed by atoms with E-state index in [1.807, 2.05) is 6.92 Å². The lowest BCUT2D eigenvalue weighted by atomic mass is 10.2. The van der Waals surface area contributed by atoms with Crippen molar-refractivity contribution in [2.75, 3.05) is 0 Å². The highest BCUT2D eigenvalue weighted by atomic mass is 32.2. The Hall–Kier alpha value is -1.66. The molecular weight excluding hydrogens is 284 g/mol. The lowest BCUT2D eigenvalue weighted by Gasteiger charge is -2.04. The Balaban J connectivity index is 2.34. The van der Waals surface area contributed by atoms with Crippen LogP contribution in [-0.2, 0) is 15.6 Å². The highest BCUT2D eigenvalue weighted by molar-refractivity contribution is 7.90. The number of rotatable bonds is 4. The van der Waals surface area contributed by atoms with Crippen LogP contribution < -0.4 is 0 Å². The first-order chi connectivity index (χ1) is 8.90. The van der Waals surface area contributed by atoms with Gasteiger partial charge in [0.25, 0.3) is 0 Å². The van der Waals surface area contributed by atoms with E-state index in [0.29, 0.717) is 5.56 Å². The molecular formula is C13H12O4S2. The van der Waals surface area contributed by atoms with E-state index >= 15 is 0 Å². The van der Waals surface area contributed by atoms with Crippen molar-refractivity contribution >= 4 is 27.1 Å². The van der Waals surface area contributed by atoms with E-state index in [-0.39, 0.29) is 15.5 Å². The summed E-state index contributed by atoms with van der Waals surface area (Å²) in [6.45, 7) is 1.87. The molecule has 19 heavy (non-hydrogen) atoms. The summed E-state index contributed by atoms with van der Waals surface area (Å²) in [6, 6.07) is 8.06. The minimum atomic E-state index is -3.51. The molecule has 4 nitrogen and oxygen atoms in total.